The minimum absolute atomic E-state index is 0.0393. The summed E-state index contributed by atoms with van der Waals surface area (Å²) < 4.78 is 0. The Labute approximate surface area is 139 Å². The Morgan fingerprint density at radius 3 is 2.67 bits per heavy atom. The van der Waals surface area contributed by atoms with Gasteiger partial charge in [0.15, 0.2) is 5.43 Å². The maximum Gasteiger partial charge on any atom is 0.257 e. The molecular weight excluding hydrogens is 306 g/mol. The number of pyridine rings is 1. The average Bonchev–Trinajstić information content (AvgIpc) is 2.57. The third-order valence-corrected chi connectivity index (χ3v) is 4.18. The summed E-state index contributed by atoms with van der Waals surface area (Å²) in [6.07, 6.45) is 2.30. The minimum Gasteiger partial charge on any atom is -0.364 e. The maximum absolute atomic E-state index is 12.5. The number of nitrogens with one attached hydrogen (secondary N) is 3. The lowest BCUT2D eigenvalue weighted by molar-refractivity contribution is -0.123. The number of hydrogen-bond acceptors (Lipinski definition) is 3. The Morgan fingerprint density at radius 2 is 1.96 bits per heavy atom. The molecule has 3 N–H and O–H groups in total. The van der Waals surface area contributed by atoms with E-state index < -0.39 is 5.91 Å². The quantitative estimate of drug-likeness (QED) is 0.797. The summed E-state index contributed by atoms with van der Waals surface area (Å²) in [7, 11) is 0. The molecule has 2 heterocycles. The highest BCUT2D eigenvalue weighted by Crippen LogP contribution is 2.24. The number of amides is 2. The first-order valence-electron chi connectivity index (χ1n) is 7.89. The maximum atomic E-state index is 12.5. The number of H-pyrrole nitrogens is 1. The fraction of sp³-hybridized carbons (Fsp3) is 0.278. The molecule has 0 saturated carbocycles. The van der Waals surface area contributed by atoms with Crippen LogP contribution < -0.4 is 16.1 Å². The summed E-state index contributed by atoms with van der Waals surface area (Å²) in [5, 5.41) is 5.81. The summed E-state index contributed by atoms with van der Waals surface area (Å²) >= 11 is 0. The van der Waals surface area contributed by atoms with Crippen molar-refractivity contribution in [1.29, 1.82) is 0 Å². The molecule has 1 fully saturated rings. The number of aromatic nitrogens is 1. The molecule has 1 aliphatic rings. The van der Waals surface area contributed by atoms with Crippen LogP contribution in [0.1, 0.15) is 40.5 Å². The van der Waals surface area contributed by atoms with E-state index in [4.69, 9.17) is 0 Å². The lowest BCUT2D eigenvalue weighted by Crippen LogP contribution is -2.50. The van der Waals surface area contributed by atoms with Gasteiger partial charge in [-0.15, -0.1) is 0 Å². The molecule has 24 heavy (non-hydrogen) atoms. The van der Waals surface area contributed by atoms with Crippen molar-refractivity contribution < 1.29 is 9.59 Å². The molecule has 2 amide bonds. The van der Waals surface area contributed by atoms with E-state index in [9.17, 15) is 14.4 Å². The molecule has 0 spiro atoms. The molecule has 0 radical (unpaired) electrons. The van der Waals surface area contributed by atoms with E-state index in [1.54, 1.807) is 6.92 Å². The van der Waals surface area contributed by atoms with Gasteiger partial charge in [-0.05, 0) is 18.9 Å². The number of carbonyl (C=O) groups excluding carboxylic acids is 2. The zero-order chi connectivity index (χ0) is 17.1. The number of benzene rings is 1. The number of rotatable bonds is 3. The third-order valence-electron chi connectivity index (χ3n) is 4.18. The van der Waals surface area contributed by atoms with Gasteiger partial charge in [-0.25, -0.2) is 0 Å². The highest BCUT2D eigenvalue weighted by atomic mass is 16.2. The second-order valence-electron chi connectivity index (χ2n) is 5.97. The molecule has 1 aromatic heterocycles. The molecule has 0 unspecified atom stereocenters. The van der Waals surface area contributed by atoms with Crippen molar-refractivity contribution in [1.82, 2.24) is 15.6 Å². The van der Waals surface area contributed by atoms with Crippen LogP contribution in [0, 0.1) is 6.92 Å². The van der Waals surface area contributed by atoms with Crippen molar-refractivity contribution in [2.45, 2.75) is 31.8 Å². The van der Waals surface area contributed by atoms with Crippen LogP contribution in [0.4, 0.5) is 0 Å². The molecule has 0 bridgehead atoms. The zero-order valence-corrected chi connectivity index (χ0v) is 13.3. The zero-order valence-electron chi connectivity index (χ0n) is 13.3. The lowest BCUT2D eigenvalue weighted by atomic mass is 9.91. The van der Waals surface area contributed by atoms with Crippen LogP contribution in [0.2, 0.25) is 0 Å². The number of aromatic amines is 1. The van der Waals surface area contributed by atoms with Gasteiger partial charge in [0.05, 0.1) is 12.1 Å². The fourth-order valence-electron chi connectivity index (χ4n) is 2.93. The lowest BCUT2D eigenvalue weighted by Gasteiger charge is -2.33. The number of carbonyl (C=O) groups is 2. The number of aryl methyl sites for hydroxylation is 1. The summed E-state index contributed by atoms with van der Waals surface area (Å²) in [5.74, 6) is -0.471. The van der Waals surface area contributed by atoms with E-state index in [1.165, 1.54) is 12.3 Å². The first-order valence-corrected chi connectivity index (χ1v) is 7.89. The van der Waals surface area contributed by atoms with Gasteiger partial charge in [0.2, 0.25) is 5.91 Å². The Bertz CT molecular complexity index is 814. The van der Waals surface area contributed by atoms with Crippen LogP contribution in [-0.4, -0.2) is 22.8 Å². The van der Waals surface area contributed by atoms with E-state index >= 15 is 0 Å². The first kappa shape index (κ1) is 16.0. The second kappa shape index (κ2) is 6.70. The van der Waals surface area contributed by atoms with Gasteiger partial charge in [0.25, 0.3) is 5.91 Å². The first-order chi connectivity index (χ1) is 11.5. The molecule has 0 aliphatic carbocycles. The predicted molar refractivity (Wildman–Crippen MR) is 89.6 cm³/mol. The van der Waals surface area contributed by atoms with E-state index in [0.29, 0.717) is 18.5 Å². The van der Waals surface area contributed by atoms with E-state index in [-0.39, 0.29) is 29.0 Å². The second-order valence-corrected chi connectivity index (χ2v) is 5.97. The van der Waals surface area contributed by atoms with E-state index in [1.807, 2.05) is 30.3 Å². The topological polar surface area (TPSA) is 91.1 Å². The minimum atomic E-state index is -0.432. The number of piperidine rings is 1. The molecule has 1 saturated heterocycles. The van der Waals surface area contributed by atoms with Crippen molar-refractivity contribution >= 4 is 11.8 Å². The summed E-state index contributed by atoms with van der Waals surface area (Å²) in [4.78, 5) is 39.1. The smallest absolute Gasteiger partial charge is 0.257 e. The molecular formula is C18H19N3O3. The van der Waals surface area contributed by atoms with Crippen LogP contribution in [-0.2, 0) is 4.79 Å². The average molecular weight is 325 g/mol. The molecule has 3 rings (SSSR count). The van der Waals surface area contributed by atoms with Crippen molar-refractivity contribution in [3.05, 3.63) is 69.6 Å². The van der Waals surface area contributed by atoms with Gasteiger partial charge in [0, 0.05) is 24.4 Å². The molecule has 6 nitrogen and oxygen atoms in total. The Balaban J connectivity index is 1.82. The van der Waals surface area contributed by atoms with Crippen LogP contribution in [0.15, 0.2) is 47.4 Å². The monoisotopic (exact) mass is 325 g/mol. The largest absolute Gasteiger partial charge is 0.364 e. The summed E-state index contributed by atoms with van der Waals surface area (Å²) in [6.45, 7) is 1.76. The molecule has 124 valence electrons. The predicted octanol–water partition coefficient (Wildman–Crippen LogP) is 1.43. The van der Waals surface area contributed by atoms with Crippen molar-refractivity contribution in [3.8, 4) is 0 Å². The van der Waals surface area contributed by atoms with Gasteiger partial charge < -0.3 is 15.6 Å². The van der Waals surface area contributed by atoms with Crippen LogP contribution in [0.25, 0.3) is 0 Å². The SMILES string of the molecule is Cc1cc(=O)c(C(=O)N[C@@H]2CCC(=O)N[C@H]2c2ccccc2)c[nH]1. The summed E-state index contributed by atoms with van der Waals surface area (Å²) in [5.41, 5.74) is 1.38. The van der Waals surface area contributed by atoms with Gasteiger partial charge in [0.1, 0.15) is 5.56 Å². The Morgan fingerprint density at radius 1 is 1.21 bits per heavy atom. The molecule has 2 atom stereocenters. The summed E-state index contributed by atoms with van der Waals surface area (Å²) in [6, 6.07) is 10.3. The van der Waals surface area contributed by atoms with Crippen LogP contribution in [0.5, 0.6) is 0 Å². The van der Waals surface area contributed by atoms with Crippen LogP contribution >= 0.6 is 0 Å². The number of hydrogen-bond donors (Lipinski definition) is 3. The Hall–Kier alpha value is -2.89. The normalized spacial score (nSPS) is 20.3. The molecule has 6 heteroatoms. The third kappa shape index (κ3) is 3.37. The van der Waals surface area contributed by atoms with Gasteiger partial charge >= 0.3 is 0 Å². The Kier molecular flexibility index (Phi) is 4.46. The fourth-order valence-corrected chi connectivity index (χ4v) is 2.93. The highest BCUT2D eigenvalue weighted by Gasteiger charge is 2.31. The van der Waals surface area contributed by atoms with Gasteiger partial charge in [-0.2, -0.15) is 0 Å². The van der Waals surface area contributed by atoms with Gasteiger partial charge in [-0.1, -0.05) is 30.3 Å². The molecule has 1 aliphatic heterocycles. The van der Waals surface area contributed by atoms with Crippen LogP contribution in [0.3, 0.4) is 0 Å². The standard InChI is InChI=1S/C18H19N3O3/c1-11-9-15(22)13(10-19-11)18(24)20-14-7-8-16(23)21-17(14)12-5-3-2-4-6-12/h2-6,9-10,14,17H,7-8H2,1H3,(H,19,22)(H,20,24)(H,21,23)/t14-,17+/m1/s1. The molecule has 1 aromatic carbocycles. The van der Waals surface area contributed by atoms with Crippen molar-refractivity contribution in [3.63, 3.8) is 0 Å². The van der Waals surface area contributed by atoms with Crippen molar-refractivity contribution in [2.75, 3.05) is 0 Å². The highest BCUT2D eigenvalue weighted by molar-refractivity contribution is 5.94. The van der Waals surface area contributed by atoms with Crippen molar-refractivity contribution in [2.24, 2.45) is 0 Å². The van der Waals surface area contributed by atoms with E-state index in [2.05, 4.69) is 15.6 Å². The molecule has 2 aromatic rings. The van der Waals surface area contributed by atoms with E-state index in [0.717, 1.165) is 5.56 Å². The van der Waals surface area contributed by atoms with Gasteiger partial charge in [-0.3, -0.25) is 14.4 Å².